The normalized spacial score (nSPS) is 9.36. The van der Waals surface area contributed by atoms with E-state index in [2.05, 4.69) is 16.6 Å². The molecule has 1 amide bonds. The van der Waals surface area contributed by atoms with Gasteiger partial charge in [-0.1, -0.05) is 5.92 Å². The average Bonchev–Trinajstić information content (AvgIpc) is 2.68. The molecule has 0 bridgehead atoms. The molecule has 0 aliphatic rings. The van der Waals surface area contributed by atoms with Crippen LogP contribution in [-0.4, -0.2) is 19.0 Å². The van der Waals surface area contributed by atoms with Gasteiger partial charge in [0.1, 0.15) is 0 Å². The molecule has 1 heterocycles. The molecule has 0 aliphatic carbocycles. The van der Waals surface area contributed by atoms with Crippen molar-refractivity contribution in [3.63, 3.8) is 0 Å². The fourth-order valence-corrected chi connectivity index (χ4v) is 0.905. The van der Waals surface area contributed by atoms with E-state index < -0.39 is 0 Å². The van der Waals surface area contributed by atoms with E-state index in [1.807, 2.05) is 0 Å². The molecule has 0 saturated carbocycles. The highest BCUT2D eigenvalue weighted by Gasteiger charge is 1.99. The van der Waals surface area contributed by atoms with Gasteiger partial charge in [-0.05, 0) is 6.07 Å². The van der Waals surface area contributed by atoms with Gasteiger partial charge in [0.15, 0.2) is 0 Å². The van der Waals surface area contributed by atoms with Crippen molar-refractivity contribution in [3.05, 3.63) is 24.2 Å². The number of furan rings is 1. The Labute approximate surface area is 82.7 Å². The molecular weight excluding hydrogens is 180 g/mol. The van der Waals surface area contributed by atoms with Crippen molar-refractivity contribution in [2.45, 2.75) is 6.54 Å². The van der Waals surface area contributed by atoms with Gasteiger partial charge in [0, 0.05) is 12.1 Å². The monoisotopic (exact) mass is 192 g/mol. The average molecular weight is 192 g/mol. The zero-order valence-electron chi connectivity index (χ0n) is 7.75. The maximum Gasteiger partial charge on any atom is 0.234 e. The minimum absolute atomic E-state index is 0.0820. The highest BCUT2D eigenvalue weighted by molar-refractivity contribution is 5.77. The molecule has 4 nitrogen and oxygen atoms in total. The molecule has 0 unspecified atom stereocenters. The Kier molecular flexibility index (Phi) is 4.32. The molecular formula is C10H12N2O2. The Morgan fingerprint density at radius 1 is 1.64 bits per heavy atom. The quantitative estimate of drug-likeness (QED) is 0.514. The largest absolute Gasteiger partial charge is 0.472 e. The summed E-state index contributed by atoms with van der Waals surface area (Å²) in [5, 5.41) is 5.51. The molecule has 2 N–H and O–H groups in total. The number of rotatable bonds is 5. The van der Waals surface area contributed by atoms with E-state index >= 15 is 0 Å². The van der Waals surface area contributed by atoms with Crippen LogP contribution in [0.5, 0.6) is 0 Å². The molecule has 14 heavy (non-hydrogen) atoms. The Morgan fingerprint density at radius 2 is 2.50 bits per heavy atom. The van der Waals surface area contributed by atoms with E-state index in [1.54, 1.807) is 18.6 Å². The van der Waals surface area contributed by atoms with Crippen molar-refractivity contribution in [1.29, 1.82) is 0 Å². The fraction of sp³-hybridized carbons (Fsp3) is 0.300. The molecule has 4 heteroatoms. The van der Waals surface area contributed by atoms with Crippen LogP contribution in [0.25, 0.3) is 0 Å². The second kappa shape index (κ2) is 5.84. The molecule has 1 aromatic rings. The van der Waals surface area contributed by atoms with Crippen LogP contribution in [0.2, 0.25) is 0 Å². The van der Waals surface area contributed by atoms with Crippen LogP contribution >= 0.6 is 0 Å². The van der Waals surface area contributed by atoms with Crippen LogP contribution in [0.3, 0.4) is 0 Å². The van der Waals surface area contributed by atoms with Gasteiger partial charge in [-0.3, -0.25) is 10.1 Å². The SMILES string of the molecule is C#CCNCC(=O)NCc1ccoc1. The summed E-state index contributed by atoms with van der Waals surface area (Å²) >= 11 is 0. The molecule has 0 saturated heterocycles. The van der Waals surface area contributed by atoms with E-state index in [0.29, 0.717) is 13.1 Å². The number of amides is 1. The van der Waals surface area contributed by atoms with Crippen LogP contribution in [0.4, 0.5) is 0 Å². The summed E-state index contributed by atoms with van der Waals surface area (Å²) in [7, 11) is 0. The van der Waals surface area contributed by atoms with Crippen LogP contribution in [0, 0.1) is 12.3 Å². The maximum absolute atomic E-state index is 11.1. The van der Waals surface area contributed by atoms with E-state index in [4.69, 9.17) is 10.8 Å². The Hall–Kier alpha value is -1.73. The predicted molar refractivity (Wildman–Crippen MR) is 52.3 cm³/mol. The second-order valence-electron chi connectivity index (χ2n) is 2.72. The molecule has 1 rings (SSSR count). The number of hydrogen-bond donors (Lipinski definition) is 2. The third-order valence-corrected chi connectivity index (χ3v) is 1.58. The van der Waals surface area contributed by atoms with Crippen molar-refractivity contribution in [3.8, 4) is 12.3 Å². The van der Waals surface area contributed by atoms with Gasteiger partial charge in [0.25, 0.3) is 0 Å². The minimum Gasteiger partial charge on any atom is -0.472 e. The van der Waals surface area contributed by atoms with Crippen molar-refractivity contribution < 1.29 is 9.21 Å². The first-order chi connectivity index (χ1) is 6.83. The van der Waals surface area contributed by atoms with Gasteiger partial charge in [-0.25, -0.2) is 0 Å². The number of carbonyl (C=O) groups is 1. The van der Waals surface area contributed by atoms with Crippen LogP contribution in [0.15, 0.2) is 23.0 Å². The Balaban J connectivity index is 2.13. The summed E-state index contributed by atoms with van der Waals surface area (Å²) in [6.45, 7) is 1.12. The molecule has 0 radical (unpaired) electrons. The van der Waals surface area contributed by atoms with E-state index in [0.717, 1.165) is 5.56 Å². The van der Waals surface area contributed by atoms with Crippen molar-refractivity contribution in [1.82, 2.24) is 10.6 Å². The van der Waals surface area contributed by atoms with Crippen molar-refractivity contribution >= 4 is 5.91 Å². The molecule has 0 aliphatic heterocycles. The lowest BCUT2D eigenvalue weighted by Gasteiger charge is -2.02. The summed E-state index contributed by atoms with van der Waals surface area (Å²) in [6.07, 6.45) is 8.17. The zero-order valence-corrected chi connectivity index (χ0v) is 7.75. The topological polar surface area (TPSA) is 54.3 Å². The minimum atomic E-state index is -0.0820. The molecule has 1 aromatic heterocycles. The van der Waals surface area contributed by atoms with Crippen molar-refractivity contribution in [2.75, 3.05) is 13.1 Å². The third kappa shape index (κ3) is 3.78. The molecule has 0 fully saturated rings. The van der Waals surface area contributed by atoms with Crippen LogP contribution in [-0.2, 0) is 11.3 Å². The number of carbonyl (C=O) groups excluding carboxylic acids is 1. The first-order valence-electron chi connectivity index (χ1n) is 4.25. The van der Waals surface area contributed by atoms with Crippen LogP contribution in [0.1, 0.15) is 5.56 Å². The maximum atomic E-state index is 11.1. The van der Waals surface area contributed by atoms with Gasteiger partial charge in [0.05, 0.1) is 25.6 Å². The molecule has 0 aromatic carbocycles. The van der Waals surface area contributed by atoms with Gasteiger partial charge < -0.3 is 9.73 Å². The highest BCUT2D eigenvalue weighted by Crippen LogP contribution is 1.97. The molecule has 0 atom stereocenters. The zero-order chi connectivity index (χ0) is 10.2. The lowest BCUT2D eigenvalue weighted by molar-refractivity contribution is -0.120. The lowest BCUT2D eigenvalue weighted by atomic mass is 10.3. The van der Waals surface area contributed by atoms with Gasteiger partial charge in [-0.2, -0.15) is 0 Å². The number of nitrogens with one attached hydrogen (secondary N) is 2. The van der Waals surface area contributed by atoms with Crippen molar-refractivity contribution in [2.24, 2.45) is 0 Å². The highest BCUT2D eigenvalue weighted by atomic mass is 16.3. The first kappa shape index (κ1) is 10.4. The predicted octanol–water partition coefficient (Wildman–Crippen LogP) is 0.119. The standard InChI is InChI=1S/C10H12N2O2/c1-2-4-11-7-10(13)12-6-9-3-5-14-8-9/h1,3,5,8,11H,4,6-7H2,(H,12,13). The van der Waals surface area contributed by atoms with Gasteiger partial charge >= 0.3 is 0 Å². The summed E-state index contributed by atoms with van der Waals surface area (Å²) in [6, 6.07) is 1.80. The summed E-state index contributed by atoms with van der Waals surface area (Å²) < 4.78 is 4.85. The fourth-order valence-electron chi connectivity index (χ4n) is 0.905. The lowest BCUT2D eigenvalue weighted by Crippen LogP contribution is -2.33. The Bertz CT molecular complexity index is 311. The summed E-state index contributed by atoms with van der Waals surface area (Å²) in [5.41, 5.74) is 0.940. The van der Waals surface area contributed by atoms with Gasteiger partial charge in [0.2, 0.25) is 5.91 Å². The van der Waals surface area contributed by atoms with Crippen LogP contribution < -0.4 is 10.6 Å². The summed E-state index contributed by atoms with van der Waals surface area (Å²) in [5.74, 6) is 2.30. The number of terminal acetylenes is 1. The first-order valence-corrected chi connectivity index (χ1v) is 4.25. The molecule has 74 valence electrons. The number of hydrogen-bond acceptors (Lipinski definition) is 3. The second-order valence-corrected chi connectivity index (χ2v) is 2.72. The Morgan fingerprint density at radius 3 is 3.14 bits per heavy atom. The smallest absolute Gasteiger partial charge is 0.234 e. The third-order valence-electron chi connectivity index (χ3n) is 1.58. The van der Waals surface area contributed by atoms with E-state index in [-0.39, 0.29) is 12.5 Å². The van der Waals surface area contributed by atoms with E-state index in [9.17, 15) is 4.79 Å². The summed E-state index contributed by atoms with van der Waals surface area (Å²) in [4.78, 5) is 11.1. The molecule has 0 spiro atoms. The van der Waals surface area contributed by atoms with E-state index in [1.165, 1.54) is 0 Å². The van der Waals surface area contributed by atoms with Gasteiger partial charge in [-0.15, -0.1) is 6.42 Å².